The van der Waals surface area contributed by atoms with Crippen LogP contribution in [0.1, 0.15) is 28.2 Å². The molecule has 0 aromatic carbocycles. The molecule has 3 N–H and O–H groups in total. The minimum Gasteiger partial charge on any atom is -0.478 e. The topological polar surface area (TPSA) is 74.3 Å². The molecule has 0 radical (unpaired) electrons. The van der Waals surface area contributed by atoms with Crippen LogP contribution < -0.4 is 5.32 Å². The monoisotopic (exact) mass is 252 g/mol. The number of carbonyl (C=O) groups is 1. The second-order valence-corrected chi connectivity index (χ2v) is 4.00. The van der Waals surface area contributed by atoms with Crippen molar-refractivity contribution in [3.63, 3.8) is 0 Å². The number of carboxylic acid groups (broad SMARTS) is 1. The summed E-state index contributed by atoms with van der Waals surface area (Å²) in [6, 6.07) is 1.66. The van der Waals surface area contributed by atoms with Crippen molar-refractivity contribution in [3.8, 4) is 0 Å². The number of aromatic nitrogens is 1. The molecule has 0 saturated heterocycles. The Balaban J connectivity index is 2.21. The molecule has 0 aliphatic rings. The molecule has 18 heavy (non-hydrogen) atoms. The Hall–Kier alpha value is -1.59. The molecule has 0 aliphatic carbocycles. The van der Waals surface area contributed by atoms with Crippen LogP contribution in [0.15, 0.2) is 18.7 Å². The molecule has 0 aliphatic heterocycles. The van der Waals surface area contributed by atoms with Gasteiger partial charge in [-0.1, -0.05) is 6.08 Å². The summed E-state index contributed by atoms with van der Waals surface area (Å²) in [6.07, 6.45) is 2.68. The Bertz CT molecular complexity index is 399. The number of rotatable bonds is 9. The lowest BCUT2D eigenvalue weighted by Crippen LogP contribution is -2.19. The molecule has 5 heteroatoms. The first kappa shape index (κ1) is 14.5. The van der Waals surface area contributed by atoms with Crippen molar-refractivity contribution < 1.29 is 14.6 Å². The maximum Gasteiger partial charge on any atom is 0.337 e. The zero-order valence-corrected chi connectivity index (χ0v) is 10.7. The highest BCUT2D eigenvalue weighted by molar-refractivity contribution is 5.89. The number of carboxylic acids is 1. The first-order valence-electron chi connectivity index (χ1n) is 5.96. The molecular formula is C13H20N2O3. The molecule has 0 bridgehead atoms. The van der Waals surface area contributed by atoms with E-state index in [0.29, 0.717) is 31.0 Å². The second-order valence-electron chi connectivity index (χ2n) is 4.00. The third-order valence-electron chi connectivity index (χ3n) is 2.51. The van der Waals surface area contributed by atoms with Crippen molar-refractivity contribution in [2.45, 2.75) is 19.9 Å². The first-order valence-corrected chi connectivity index (χ1v) is 5.96. The highest BCUT2D eigenvalue weighted by Crippen LogP contribution is 2.09. The van der Waals surface area contributed by atoms with Crippen molar-refractivity contribution in [3.05, 3.63) is 35.7 Å². The number of aromatic amines is 1. The van der Waals surface area contributed by atoms with E-state index in [2.05, 4.69) is 16.9 Å². The fraction of sp³-hybridized carbons (Fsp3) is 0.462. The van der Waals surface area contributed by atoms with Crippen molar-refractivity contribution in [1.29, 1.82) is 0 Å². The van der Waals surface area contributed by atoms with Gasteiger partial charge in [-0.3, -0.25) is 0 Å². The Labute approximate surface area is 107 Å². The summed E-state index contributed by atoms with van der Waals surface area (Å²) in [5, 5.41) is 12.1. The van der Waals surface area contributed by atoms with Crippen LogP contribution in [0.3, 0.4) is 0 Å². The zero-order chi connectivity index (χ0) is 13.4. The van der Waals surface area contributed by atoms with E-state index < -0.39 is 5.97 Å². The lowest BCUT2D eigenvalue weighted by Gasteiger charge is -2.04. The van der Waals surface area contributed by atoms with E-state index in [-0.39, 0.29) is 0 Å². The molecule has 1 heterocycles. The Kier molecular flexibility index (Phi) is 6.18. The zero-order valence-electron chi connectivity index (χ0n) is 10.7. The maximum absolute atomic E-state index is 10.8. The predicted molar refractivity (Wildman–Crippen MR) is 69.8 cm³/mol. The van der Waals surface area contributed by atoms with Gasteiger partial charge in [0.2, 0.25) is 0 Å². The van der Waals surface area contributed by atoms with Crippen LogP contribution in [0.5, 0.6) is 0 Å². The van der Waals surface area contributed by atoms with Gasteiger partial charge >= 0.3 is 5.97 Å². The van der Waals surface area contributed by atoms with Crippen molar-refractivity contribution in [1.82, 2.24) is 10.3 Å². The number of nitrogens with one attached hydrogen (secondary N) is 2. The number of hydrogen-bond donors (Lipinski definition) is 3. The first-order chi connectivity index (χ1) is 8.65. The Morgan fingerprint density at radius 2 is 2.39 bits per heavy atom. The van der Waals surface area contributed by atoms with Crippen molar-refractivity contribution >= 4 is 5.97 Å². The SMILES string of the molecule is C=CCCOCCNCc1cc(C(=O)O)c(C)[nH]1. The van der Waals surface area contributed by atoms with Gasteiger partial charge in [-0.05, 0) is 19.4 Å². The van der Waals surface area contributed by atoms with E-state index in [0.717, 1.165) is 18.7 Å². The average molecular weight is 252 g/mol. The van der Waals surface area contributed by atoms with Gasteiger partial charge in [-0.25, -0.2) is 4.79 Å². The summed E-state index contributed by atoms with van der Waals surface area (Å²) < 4.78 is 5.34. The van der Waals surface area contributed by atoms with Gasteiger partial charge in [0.15, 0.2) is 0 Å². The van der Waals surface area contributed by atoms with E-state index in [1.165, 1.54) is 0 Å². The molecule has 1 rings (SSSR count). The molecule has 1 aromatic heterocycles. The molecule has 5 nitrogen and oxygen atoms in total. The number of ether oxygens (including phenoxy) is 1. The summed E-state index contributed by atoms with van der Waals surface area (Å²) in [6.45, 7) is 8.04. The van der Waals surface area contributed by atoms with Crippen LogP contribution in [0.25, 0.3) is 0 Å². The predicted octanol–water partition coefficient (Wildman–Crippen LogP) is 1.70. The van der Waals surface area contributed by atoms with Crippen LogP contribution in [0, 0.1) is 6.92 Å². The Morgan fingerprint density at radius 1 is 1.61 bits per heavy atom. The normalized spacial score (nSPS) is 10.5. The molecular weight excluding hydrogens is 232 g/mol. The average Bonchev–Trinajstić information content (AvgIpc) is 2.69. The van der Waals surface area contributed by atoms with Gasteiger partial charge in [0.05, 0.1) is 18.8 Å². The van der Waals surface area contributed by atoms with Gasteiger partial charge in [-0.2, -0.15) is 0 Å². The quantitative estimate of drug-likeness (QED) is 0.462. The summed E-state index contributed by atoms with van der Waals surface area (Å²) >= 11 is 0. The summed E-state index contributed by atoms with van der Waals surface area (Å²) in [4.78, 5) is 13.9. The number of H-pyrrole nitrogens is 1. The third kappa shape index (κ3) is 4.73. The number of aryl methyl sites for hydroxylation is 1. The molecule has 1 aromatic rings. The standard InChI is InChI=1S/C13H20N2O3/c1-3-4-6-18-7-5-14-9-11-8-12(13(16)17)10(2)15-11/h3,8,14-15H,1,4-7,9H2,2H3,(H,16,17). The smallest absolute Gasteiger partial charge is 0.337 e. The van der Waals surface area contributed by atoms with Gasteiger partial charge in [0, 0.05) is 24.5 Å². The van der Waals surface area contributed by atoms with Crippen LogP contribution in [-0.2, 0) is 11.3 Å². The van der Waals surface area contributed by atoms with E-state index in [4.69, 9.17) is 9.84 Å². The Morgan fingerprint density at radius 3 is 3.00 bits per heavy atom. The summed E-state index contributed by atoms with van der Waals surface area (Å²) in [5.41, 5.74) is 1.88. The van der Waals surface area contributed by atoms with Gasteiger partial charge in [-0.15, -0.1) is 6.58 Å². The van der Waals surface area contributed by atoms with Gasteiger partial charge < -0.3 is 20.1 Å². The van der Waals surface area contributed by atoms with Crippen LogP contribution >= 0.6 is 0 Å². The second kappa shape index (κ2) is 7.68. The number of aromatic carboxylic acids is 1. The van der Waals surface area contributed by atoms with E-state index in [1.807, 2.05) is 6.08 Å². The summed E-state index contributed by atoms with van der Waals surface area (Å²) in [5.74, 6) is -0.900. The number of hydrogen-bond acceptors (Lipinski definition) is 3. The fourth-order valence-corrected chi connectivity index (χ4v) is 1.58. The van der Waals surface area contributed by atoms with Crippen LogP contribution in [-0.4, -0.2) is 35.8 Å². The van der Waals surface area contributed by atoms with Gasteiger partial charge in [0.1, 0.15) is 0 Å². The lowest BCUT2D eigenvalue weighted by atomic mass is 10.2. The highest BCUT2D eigenvalue weighted by atomic mass is 16.5. The van der Waals surface area contributed by atoms with Crippen molar-refractivity contribution in [2.75, 3.05) is 19.8 Å². The van der Waals surface area contributed by atoms with E-state index >= 15 is 0 Å². The molecule has 100 valence electrons. The van der Waals surface area contributed by atoms with E-state index in [9.17, 15) is 4.79 Å². The van der Waals surface area contributed by atoms with Crippen molar-refractivity contribution in [2.24, 2.45) is 0 Å². The fourth-order valence-electron chi connectivity index (χ4n) is 1.58. The molecule has 0 spiro atoms. The van der Waals surface area contributed by atoms with Crippen LogP contribution in [0.2, 0.25) is 0 Å². The minimum atomic E-state index is -0.900. The molecule has 0 amide bonds. The van der Waals surface area contributed by atoms with E-state index in [1.54, 1.807) is 13.0 Å². The minimum absolute atomic E-state index is 0.328. The maximum atomic E-state index is 10.8. The molecule has 0 saturated carbocycles. The highest BCUT2D eigenvalue weighted by Gasteiger charge is 2.10. The van der Waals surface area contributed by atoms with Crippen LogP contribution in [0.4, 0.5) is 0 Å². The lowest BCUT2D eigenvalue weighted by molar-refractivity contribution is 0.0696. The molecule has 0 atom stereocenters. The van der Waals surface area contributed by atoms with Gasteiger partial charge in [0.25, 0.3) is 0 Å². The largest absolute Gasteiger partial charge is 0.478 e. The molecule has 0 fully saturated rings. The summed E-state index contributed by atoms with van der Waals surface area (Å²) in [7, 11) is 0. The molecule has 0 unspecified atom stereocenters. The third-order valence-corrected chi connectivity index (χ3v) is 2.51.